The lowest BCUT2D eigenvalue weighted by Crippen LogP contribution is -1.79. The normalized spacial score (nSPS) is 11.2. The Hall–Kier alpha value is -2.39. The molecule has 2 heterocycles. The molecule has 0 aliphatic heterocycles. The van der Waals surface area contributed by atoms with Crippen molar-refractivity contribution in [2.75, 3.05) is 0 Å². The summed E-state index contributed by atoms with van der Waals surface area (Å²) in [6.45, 7) is 2.11. The fourth-order valence-corrected chi connectivity index (χ4v) is 3.66. The molecule has 0 aliphatic rings. The fourth-order valence-electron chi connectivity index (χ4n) is 2.72. The van der Waals surface area contributed by atoms with Crippen LogP contribution in [-0.2, 0) is 0 Å². The van der Waals surface area contributed by atoms with Crippen molar-refractivity contribution in [1.82, 2.24) is 4.98 Å². The second-order valence-corrected chi connectivity index (χ2v) is 6.37. The van der Waals surface area contributed by atoms with Crippen molar-refractivity contribution < 1.29 is 4.39 Å². The molecule has 4 aromatic rings. The van der Waals surface area contributed by atoms with Crippen molar-refractivity contribution in [3.63, 3.8) is 0 Å². The van der Waals surface area contributed by atoms with Crippen LogP contribution >= 0.6 is 11.3 Å². The minimum Gasteiger partial charge on any atom is -0.360 e. The van der Waals surface area contributed by atoms with Gasteiger partial charge in [0, 0.05) is 27.5 Å². The fraction of sp³-hybridized carbons (Fsp3) is 0.0526. The van der Waals surface area contributed by atoms with Crippen molar-refractivity contribution in [3.8, 4) is 21.6 Å². The number of hydrogen-bond donors (Lipinski definition) is 1. The van der Waals surface area contributed by atoms with E-state index in [0.717, 1.165) is 16.6 Å². The quantitative estimate of drug-likeness (QED) is 0.466. The van der Waals surface area contributed by atoms with Gasteiger partial charge in [0.2, 0.25) is 0 Å². The van der Waals surface area contributed by atoms with Crippen molar-refractivity contribution >= 4 is 22.2 Å². The number of thiophene rings is 1. The van der Waals surface area contributed by atoms with Gasteiger partial charge >= 0.3 is 0 Å². The van der Waals surface area contributed by atoms with E-state index in [-0.39, 0.29) is 5.82 Å². The molecular formula is C19H14FNS. The molecule has 0 unspecified atom stereocenters. The Morgan fingerprint density at radius 3 is 2.45 bits per heavy atom. The molecule has 108 valence electrons. The first-order valence-corrected chi connectivity index (χ1v) is 8.01. The molecule has 0 saturated carbocycles. The molecule has 22 heavy (non-hydrogen) atoms. The number of aromatic amines is 1. The number of H-pyrrole nitrogens is 1. The summed E-state index contributed by atoms with van der Waals surface area (Å²) in [6, 6.07) is 15.2. The van der Waals surface area contributed by atoms with Gasteiger partial charge in [0.05, 0.1) is 0 Å². The summed E-state index contributed by atoms with van der Waals surface area (Å²) in [7, 11) is 0. The van der Waals surface area contributed by atoms with E-state index >= 15 is 0 Å². The number of aromatic nitrogens is 1. The Morgan fingerprint density at radius 1 is 0.955 bits per heavy atom. The van der Waals surface area contributed by atoms with E-state index < -0.39 is 0 Å². The third kappa shape index (κ3) is 2.24. The van der Waals surface area contributed by atoms with E-state index in [4.69, 9.17) is 0 Å². The molecular weight excluding hydrogens is 293 g/mol. The van der Waals surface area contributed by atoms with E-state index in [1.54, 1.807) is 11.3 Å². The molecule has 0 saturated heterocycles. The van der Waals surface area contributed by atoms with Crippen LogP contribution in [0.15, 0.2) is 60.1 Å². The van der Waals surface area contributed by atoms with Gasteiger partial charge in [-0.25, -0.2) is 4.39 Å². The molecule has 0 amide bonds. The zero-order valence-electron chi connectivity index (χ0n) is 12.1. The first kappa shape index (κ1) is 13.3. The first-order valence-electron chi connectivity index (χ1n) is 7.13. The summed E-state index contributed by atoms with van der Waals surface area (Å²) >= 11 is 1.76. The molecule has 1 N–H and O–H groups in total. The van der Waals surface area contributed by atoms with Crippen LogP contribution in [0.1, 0.15) is 5.56 Å². The van der Waals surface area contributed by atoms with Crippen molar-refractivity contribution in [2.24, 2.45) is 0 Å². The van der Waals surface area contributed by atoms with Gasteiger partial charge in [-0.05, 0) is 53.3 Å². The molecule has 4 rings (SSSR count). The Kier molecular flexibility index (Phi) is 3.09. The third-order valence-corrected chi connectivity index (χ3v) is 4.94. The number of rotatable bonds is 2. The lowest BCUT2D eigenvalue weighted by Gasteiger charge is -2.02. The van der Waals surface area contributed by atoms with Crippen molar-refractivity contribution in [3.05, 3.63) is 71.5 Å². The van der Waals surface area contributed by atoms with Crippen LogP contribution in [-0.4, -0.2) is 4.98 Å². The molecule has 2 aromatic heterocycles. The summed E-state index contributed by atoms with van der Waals surface area (Å²) in [5, 5.41) is 3.38. The topological polar surface area (TPSA) is 15.8 Å². The minimum absolute atomic E-state index is 0.208. The molecule has 3 heteroatoms. The van der Waals surface area contributed by atoms with E-state index in [1.165, 1.54) is 33.5 Å². The smallest absolute Gasteiger partial charge is 0.123 e. The summed E-state index contributed by atoms with van der Waals surface area (Å²) < 4.78 is 13.0. The first-order chi connectivity index (χ1) is 10.7. The number of aryl methyl sites for hydroxylation is 1. The summed E-state index contributed by atoms with van der Waals surface area (Å²) in [4.78, 5) is 4.63. The van der Waals surface area contributed by atoms with Crippen LogP contribution in [0.5, 0.6) is 0 Å². The maximum atomic E-state index is 13.0. The Labute approximate surface area is 132 Å². The third-order valence-electron chi connectivity index (χ3n) is 3.86. The number of fused-ring (bicyclic) bond motifs is 1. The zero-order valence-corrected chi connectivity index (χ0v) is 12.9. The SMILES string of the molecule is Cc1csc(-c2c[nH]c3cc(-c4ccc(F)cc4)ccc23)c1. The number of halogens is 1. The molecule has 0 radical (unpaired) electrons. The summed E-state index contributed by atoms with van der Waals surface area (Å²) in [6.07, 6.45) is 2.06. The highest BCUT2D eigenvalue weighted by molar-refractivity contribution is 7.13. The maximum absolute atomic E-state index is 13.0. The van der Waals surface area contributed by atoms with Crippen LogP contribution in [0.25, 0.3) is 32.5 Å². The largest absolute Gasteiger partial charge is 0.360 e. The molecule has 2 aromatic carbocycles. The van der Waals surface area contributed by atoms with E-state index in [9.17, 15) is 4.39 Å². The highest BCUT2D eigenvalue weighted by Gasteiger charge is 2.09. The second-order valence-electron chi connectivity index (χ2n) is 5.46. The van der Waals surface area contributed by atoms with E-state index in [2.05, 4.69) is 47.8 Å². The van der Waals surface area contributed by atoms with Gasteiger partial charge in [-0.15, -0.1) is 11.3 Å². The van der Waals surface area contributed by atoms with Gasteiger partial charge in [-0.2, -0.15) is 0 Å². The second kappa shape index (κ2) is 5.11. The molecule has 0 aliphatic carbocycles. The predicted octanol–water partition coefficient (Wildman–Crippen LogP) is 6.01. The lowest BCUT2D eigenvalue weighted by atomic mass is 10.0. The van der Waals surface area contributed by atoms with Crippen molar-refractivity contribution in [2.45, 2.75) is 6.92 Å². The van der Waals surface area contributed by atoms with Crippen LogP contribution in [0.3, 0.4) is 0 Å². The maximum Gasteiger partial charge on any atom is 0.123 e. The minimum atomic E-state index is -0.208. The lowest BCUT2D eigenvalue weighted by molar-refractivity contribution is 0.628. The van der Waals surface area contributed by atoms with Gasteiger partial charge in [-0.3, -0.25) is 0 Å². The van der Waals surface area contributed by atoms with Crippen LogP contribution in [0.2, 0.25) is 0 Å². The van der Waals surface area contributed by atoms with Gasteiger partial charge in [0.1, 0.15) is 5.82 Å². The van der Waals surface area contributed by atoms with Crippen LogP contribution < -0.4 is 0 Å². The van der Waals surface area contributed by atoms with E-state index in [0.29, 0.717) is 0 Å². The molecule has 0 spiro atoms. The monoisotopic (exact) mass is 307 g/mol. The molecule has 0 fully saturated rings. The highest BCUT2D eigenvalue weighted by Crippen LogP contribution is 2.34. The van der Waals surface area contributed by atoms with Crippen LogP contribution in [0, 0.1) is 12.7 Å². The van der Waals surface area contributed by atoms with E-state index in [1.807, 2.05) is 12.1 Å². The highest BCUT2D eigenvalue weighted by atomic mass is 32.1. The van der Waals surface area contributed by atoms with Crippen LogP contribution in [0.4, 0.5) is 4.39 Å². The predicted molar refractivity (Wildman–Crippen MR) is 91.7 cm³/mol. The Morgan fingerprint density at radius 2 is 1.73 bits per heavy atom. The average Bonchev–Trinajstić information content (AvgIpc) is 3.13. The number of nitrogens with one attached hydrogen (secondary N) is 1. The Balaban J connectivity index is 1.81. The van der Waals surface area contributed by atoms with Gasteiger partial charge in [0.25, 0.3) is 0 Å². The number of hydrogen-bond acceptors (Lipinski definition) is 1. The Bertz CT molecular complexity index is 947. The van der Waals surface area contributed by atoms with Crippen molar-refractivity contribution in [1.29, 1.82) is 0 Å². The zero-order chi connectivity index (χ0) is 15.1. The number of benzene rings is 2. The van der Waals surface area contributed by atoms with Gasteiger partial charge < -0.3 is 4.98 Å². The van der Waals surface area contributed by atoms with Gasteiger partial charge in [0.15, 0.2) is 0 Å². The molecule has 0 atom stereocenters. The summed E-state index contributed by atoms with van der Waals surface area (Å²) in [5.41, 5.74) is 5.73. The summed E-state index contributed by atoms with van der Waals surface area (Å²) in [5.74, 6) is -0.208. The van der Waals surface area contributed by atoms with Gasteiger partial charge in [-0.1, -0.05) is 24.3 Å². The molecule has 1 nitrogen and oxygen atoms in total. The molecule has 0 bridgehead atoms. The average molecular weight is 307 g/mol. The standard InChI is InChI=1S/C19H14FNS/c1-12-8-19(22-11-12)17-10-21-18-9-14(4-7-16(17)18)13-2-5-15(20)6-3-13/h2-11,21H,1H3.